The Labute approximate surface area is 133 Å². The molecule has 126 valence electrons. The third-order valence-electron chi connectivity index (χ3n) is 3.11. The monoisotopic (exact) mass is 298 g/mol. The summed E-state index contributed by atoms with van der Waals surface area (Å²) in [4.78, 5) is 11.4. The molecule has 0 aliphatic rings. The molecule has 0 aromatic rings. The number of carbonyl (C=O) groups is 1. The Balaban J connectivity index is 0. The van der Waals surface area contributed by atoms with Crippen molar-refractivity contribution in [3.63, 3.8) is 0 Å². The number of allylic oxidation sites excluding steroid dienone is 1. The van der Waals surface area contributed by atoms with Gasteiger partial charge < -0.3 is 10.6 Å². The van der Waals surface area contributed by atoms with Gasteiger partial charge in [0, 0.05) is 25.2 Å². The van der Waals surface area contributed by atoms with E-state index in [1.165, 1.54) is 6.42 Å². The number of unbranched alkanes of at least 4 members (excludes halogenated alkanes) is 4. The molecule has 0 saturated heterocycles. The zero-order valence-electron chi connectivity index (χ0n) is 14.9. The van der Waals surface area contributed by atoms with Crippen molar-refractivity contribution < 1.29 is 4.79 Å². The molecular weight excluding hydrogens is 260 g/mol. The molecule has 0 heterocycles. The molecule has 21 heavy (non-hydrogen) atoms. The number of amides is 1. The first-order chi connectivity index (χ1) is 10.2. The first-order valence-electron chi connectivity index (χ1n) is 8.89. The van der Waals surface area contributed by atoms with Crippen LogP contribution in [-0.2, 0) is 4.79 Å². The standard InChI is InChI=1S/C16H32N2O.C2H6/c1-4-6-8-12-16(19)18-14-10-7-9-13-17-15(3)11-5-2;1-2/h17H,3-14H2,1-2H3,(H,18,19);1-2H3. The molecule has 0 spiro atoms. The molecule has 0 saturated carbocycles. The highest BCUT2D eigenvalue weighted by Crippen LogP contribution is 2.00. The zero-order chi connectivity index (χ0) is 16.3. The van der Waals surface area contributed by atoms with Crippen LogP contribution in [0.5, 0.6) is 0 Å². The van der Waals surface area contributed by atoms with E-state index >= 15 is 0 Å². The molecule has 0 aliphatic heterocycles. The van der Waals surface area contributed by atoms with E-state index in [4.69, 9.17) is 0 Å². The summed E-state index contributed by atoms with van der Waals surface area (Å²) in [5.41, 5.74) is 1.15. The van der Waals surface area contributed by atoms with Gasteiger partial charge in [0.1, 0.15) is 0 Å². The lowest BCUT2D eigenvalue weighted by molar-refractivity contribution is -0.121. The molecule has 1 amide bonds. The van der Waals surface area contributed by atoms with E-state index in [0.29, 0.717) is 6.42 Å². The summed E-state index contributed by atoms with van der Waals surface area (Å²) in [6, 6.07) is 0. The molecule has 0 radical (unpaired) electrons. The summed E-state index contributed by atoms with van der Waals surface area (Å²) < 4.78 is 0. The van der Waals surface area contributed by atoms with Gasteiger partial charge in [-0.15, -0.1) is 0 Å². The topological polar surface area (TPSA) is 41.1 Å². The minimum atomic E-state index is 0.211. The molecule has 0 aliphatic carbocycles. The largest absolute Gasteiger partial charge is 0.389 e. The maximum atomic E-state index is 11.4. The molecule has 0 aromatic carbocycles. The molecule has 0 bridgehead atoms. The van der Waals surface area contributed by atoms with Crippen LogP contribution in [0.25, 0.3) is 0 Å². The highest BCUT2D eigenvalue weighted by atomic mass is 16.1. The predicted molar refractivity (Wildman–Crippen MR) is 94.4 cm³/mol. The second-order valence-electron chi connectivity index (χ2n) is 5.15. The Bertz CT molecular complexity index is 239. The quantitative estimate of drug-likeness (QED) is 0.480. The van der Waals surface area contributed by atoms with Gasteiger partial charge in [0.15, 0.2) is 0 Å². The van der Waals surface area contributed by atoms with Gasteiger partial charge in [0.2, 0.25) is 5.91 Å². The number of hydrogen-bond donors (Lipinski definition) is 2. The fraction of sp³-hybridized carbons (Fsp3) is 0.833. The molecule has 2 N–H and O–H groups in total. The minimum Gasteiger partial charge on any atom is -0.389 e. The van der Waals surface area contributed by atoms with Crippen LogP contribution in [0.2, 0.25) is 0 Å². The summed E-state index contributed by atoms with van der Waals surface area (Å²) in [7, 11) is 0. The van der Waals surface area contributed by atoms with E-state index in [1.807, 2.05) is 13.8 Å². The van der Waals surface area contributed by atoms with Gasteiger partial charge in [-0.3, -0.25) is 4.79 Å². The van der Waals surface area contributed by atoms with Crippen LogP contribution in [-0.4, -0.2) is 19.0 Å². The number of hydrogen-bond acceptors (Lipinski definition) is 2. The van der Waals surface area contributed by atoms with E-state index in [2.05, 4.69) is 31.1 Å². The van der Waals surface area contributed by atoms with Gasteiger partial charge in [-0.25, -0.2) is 0 Å². The van der Waals surface area contributed by atoms with Crippen LogP contribution < -0.4 is 10.6 Å². The third-order valence-corrected chi connectivity index (χ3v) is 3.11. The lowest BCUT2D eigenvalue weighted by Gasteiger charge is -2.08. The average molecular weight is 299 g/mol. The van der Waals surface area contributed by atoms with Gasteiger partial charge in [0.25, 0.3) is 0 Å². The lowest BCUT2D eigenvalue weighted by Crippen LogP contribution is -2.24. The van der Waals surface area contributed by atoms with E-state index in [9.17, 15) is 4.79 Å². The first-order valence-corrected chi connectivity index (χ1v) is 8.89. The number of nitrogens with one attached hydrogen (secondary N) is 2. The van der Waals surface area contributed by atoms with Crippen molar-refractivity contribution in [2.45, 2.75) is 85.5 Å². The van der Waals surface area contributed by atoms with Crippen molar-refractivity contribution in [2.75, 3.05) is 13.1 Å². The average Bonchev–Trinajstić information content (AvgIpc) is 2.49. The van der Waals surface area contributed by atoms with Crippen LogP contribution in [0, 0.1) is 0 Å². The summed E-state index contributed by atoms with van der Waals surface area (Å²) in [6.45, 7) is 14.1. The van der Waals surface area contributed by atoms with Crippen LogP contribution in [0.15, 0.2) is 12.3 Å². The van der Waals surface area contributed by atoms with Gasteiger partial charge in [-0.05, 0) is 32.1 Å². The summed E-state index contributed by atoms with van der Waals surface area (Å²) in [6.07, 6.45) is 9.61. The van der Waals surface area contributed by atoms with Crippen LogP contribution in [0.4, 0.5) is 0 Å². The molecular formula is C18H38N2O. The Kier molecular flexibility index (Phi) is 20.2. The van der Waals surface area contributed by atoms with E-state index in [1.54, 1.807) is 0 Å². The van der Waals surface area contributed by atoms with Crippen molar-refractivity contribution in [3.05, 3.63) is 12.3 Å². The highest BCUT2D eigenvalue weighted by molar-refractivity contribution is 5.75. The highest BCUT2D eigenvalue weighted by Gasteiger charge is 1.99. The van der Waals surface area contributed by atoms with Crippen LogP contribution in [0.3, 0.4) is 0 Å². The lowest BCUT2D eigenvalue weighted by atomic mass is 10.2. The van der Waals surface area contributed by atoms with E-state index < -0.39 is 0 Å². The molecule has 0 rings (SSSR count). The maximum absolute atomic E-state index is 11.4. The number of carbonyl (C=O) groups excluding carboxylic acids is 1. The van der Waals surface area contributed by atoms with Crippen molar-refractivity contribution in [3.8, 4) is 0 Å². The molecule has 3 nitrogen and oxygen atoms in total. The molecule has 0 unspecified atom stereocenters. The fourth-order valence-corrected chi connectivity index (χ4v) is 1.93. The summed E-state index contributed by atoms with van der Waals surface area (Å²) in [5, 5.41) is 6.32. The van der Waals surface area contributed by atoms with Crippen LogP contribution >= 0.6 is 0 Å². The fourth-order valence-electron chi connectivity index (χ4n) is 1.93. The van der Waals surface area contributed by atoms with Crippen molar-refractivity contribution in [1.82, 2.24) is 10.6 Å². The Hall–Kier alpha value is -0.990. The van der Waals surface area contributed by atoms with Crippen molar-refractivity contribution in [2.24, 2.45) is 0 Å². The first kappa shape index (κ1) is 22.3. The van der Waals surface area contributed by atoms with Gasteiger partial charge in [-0.2, -0.15) is 0 Å². The normalized spacial score (nSPS) is 9.52. The Morgan fingerprint density at radius 1 is 0.810 bits per heavy atom. The summed E-state index contributed by atoms with van der Waals surface area (Å²) >= 11 is 0. The molecule has 0 atom stereocenters. The van der Waals surface area contributed by atoms with Gasteiger partial charge >= 0.3 is 0 Å². The third kappa shape index (κ3) is 19.0. The van der Waals surface area contributed by atoms with E-state index in [0.717, 1.165) is 63.7 Å². The van der Waals surface area contributed by atoms with Gasteiger partial charge in [-0.1, -0.05) is 53.5 Å². The Morgan fingerprint density at radius 3 is 2.00 bits per heavy atom. The molecule has 0 aromatic heterocycles. The maximum Gasteiger partial charge on any atom is 0.219 e. The zero-order valence-corrected chi connectivity index (χ0v) is 14.9. The van der Waals surface area contributed by atoms with Crippen molar-refractivity contribution in [1.29, 1.82) is 0 Å². The smallest absolute Gasteiger partial charge is 0.219 e. The SMILES string of the molecule is C=C(CCC)NCCCCCNC(=O)CCCCC.CC. The summed E-state index contributed by atoms with van der Waals surface area (Å²) in [5.74, 6) is 0.211. The number of rotatable bonds is 13. The second kappa shape index (κ2) is 19.0. The van der Waals surface area contributed by atoms with Crippen LogP contribution in [0.1, 0.15) is 85.5 Å². The van der Waals surface area contributed by atoms with Crippen molar-refractivity contribution >= 4 is 5.91 Å². The molecule has 3 heteroatoms. The van der Waals surface area contributed by atoms with E-state index in [-0.39, 0.29) is 5.91 Å². The predicted octanol–water partition coefficient (Wildman–Crippen LogP) is 4.78. The molecule has 0 fully saturated rings. The minimum absolute atomic E-state index is 0.211. The van der Waals surface area contributed by atoms with Gasteiger partial charge in [0.05, 0.1) is 0 Å². The Morgan fingerprint density at radius 2 is 1.43 bits per heavy atom. The second-order valence-corrected chi connectivity index (χ2v) is 5.15.